The summed E-state index contributed by atoms with van der Waals surface area (Å²) in [6, 6.07) is 2.79. The van der Waals surface area contributed by atoms with Gasteiger partial charge < -0.3 is 5.11 Å². The minimum absolute atomic E-state index is 0.0618. The van der Waals surface area contributed by atoms with E-state index in [1.807, 2.05) is 0 Å². The Morgan fingerprint density at radius 1 is 1.39 bits per heavy atom. The molecule has 0 amide bonds. The molecule has 0 atom stereocenters. The molecule has 0 saturated heterocycles. The highest BCUT2D eigenvalue weighted by Crippen LogP contribution is 2.25. The van der Waals surface area contributed by atoms with E-state index in [1.54, 1.807) is 11.3 Å². The molecule has 2 rings (SSSR count). The highest BCUT2D eigenvalue weighted by molar-refractivity contribution is 7.10. The van der Waals surface area contributed by atoms with Gasteiger partial charge in [0.2, 0.25) is 0 Å². The van der Waals surface area contributed by atoms with Crippen LogP contribution in [0.3, 0.4) is 0 Å². The van der Waals surface area contributed by atoms with Crippen LogP contribution in [0.2, 0.25) is 0 Å². The van der Waals surface area contributed by atoms with Gasteiger partial charge in [-0.25, -0.2) is 0 Å². The van der Waals surface area contributed by atoms with Gasteiger partial charge in [-0.2, -0.15) is 0 Å². The number of nitrogens with zero attached hydrogens (tertiary/aromatic N) is 1. The van der Waals surface area contributed by atoms with Gasteiger partial charge in [0, 0.05) is 23.0 Å². The van der Waals surface area contributed by atoms with Crippen molar-refractivity contribution in [1.82, 2.24) is 4.90 Å². The van der Waals surface area contributed by atoms with Crippen molar-refractivity contribution in [3.8, 4) is 11.8 Å². The summed E-state index contributed by atoms with van der Waals surface area (Å²) in [5.41, 5.74) is 1.08. The minimum atomic E-state index is -0.0618. The first-order valence-electron chi connectivity index (χ1n) is 6.67. The summed E-state index contributed by atoms with van der Waals surface area (Å²) in [6.07, 6.45) is 6.81. The summed E-state index contributed by atoms with van der Waals surface area (Å²) in [4.78, 5) is 3.79. The third-order valence-corrected chi connectivity index (χ3v) is 4.54. The van der Waals surface area contributed by atoms with Gasteiger partial charge in [0.1, 0.15) is 6.61 Å². The highest BCUT2D eigenvalue weighted by Gasteiger charge is 2.18. The monoisotopic (exact) mass is 263 g/mol. The zero-order valence-corrected chi connectivity index (χ0v) is 11.8. The molecule has 0 unspecified atom stereocenters. The van der Waals surface area contributed by atoms with Crippen LogP contribution < -0.4 is 0 Å². The number of hydrogen-bond acceptors (Lipinski definition) is 3. The molecule has 1 heterocycles. The van der Waals surface area contributed by atoms with Crippen LogP contribution in [0.25, 0.3) is 0 Å². The van der Waals surface area contributed by atoms with Crippen molar-refractivity contribution in [3.05, 3.63) is 21.9 Å². The molecule has 18 heavy (non-hydrogen) atoms. The Labute approximate surface area is 114 Å². The number of thiophene rings is 1. The van der Waals surface area contributed by atoms with Crippen LogP contribution >= 0.6 is 11.3 Å². The van der Waals surface area contributed by atoms with E-state index in [0.717, 1.165) is 18.2 Å². The Morgan fingerprint density at radius 3 is 2.89 bits per heavy atom. The van der Waals surface area contributed by atoms with Gasteiger partial charge in [0.05, 0.1) is 0 Å². The molecule has 1 aromatic heterocycles. The third-order valence-electron chi connectivity index (χ3n) is 3.64. The maximum Gasteiger partial charge on any atom is 0.104 e. The van der Waals surface area contributed by atoms with Crippen molar-refractivity contribution in [1.29, 1.82) is 0 Å². The molecular weight excluding hydrogens is 242 g/mol. The molecule has 1 fully saturated rings. The quantitative estimate of drug-likeness (QED) is 0.848. The molecule has 3 heteroatoms. The Kier molecular flexibility index (Phi) is 5.25. The molecule has 2 nitrogen and oxygen atoms in total. The van der Waals surface area contributed by atoms with Crippen LogP contribution in [0.4, 0.5) is 0 Å². The first kappa shape index (κ1) is 13.6. The number of aliphatic hydroxyl groups excluding tert-OH is 1. The smallest absolute Gasteiger partial charge is 0.104 e. The molecule has 0 bridgehead atoms. The molecular formula is C15H21NOS. The van der Waals surface area contributed by atoms with E-state index in [2.05, 4.69) is 35.2 Å². The maximum absolute atomic E-state index is 8.76. The molecule has 98 valence electrons. The molecule has 1 aliphatic rings. The lowest BCUT2D eigenvalue weighted by atomic mass is 9.94. The van der Waals surface area contributed by atoms with Gasteiger partial charge in [-0.05, 0) is 31.3 Å². The Morgan fingerprint density at radius 2 is 2.17 bits per heavy atom. The van der Waals surface area contributed by atoms with Gasteiger partial charge in [-0.15, -0.1) is 11.3 Å². The van der Waals surface area contributed by atoms with Gasteiger partial charge in [-0.1, -0.05) is 31.1 Å². The Balaban J connectivity index is 1.97. The van der Waals surface area contributed by atoms with Crippen molar-refractivity contribution in [3.63, 3.8) is 0 Å². The van der Waals surface area contributed by atoms with Crippen LogP contribution in [-0.2, 0) is 6.54 Å². The fourth-order valence-corrected chi connectivity index (χ4v) is 3.48. The summed E-state index contributed by atoms with van der Waals surface area (Å²) in [7, 11) is 2.22. The average Bonchev–Trinajstić information content (AvgIpc) is 2.84. The molecule has 0 radical (unpaired) electrons. The van der Waals surface area contributed by atoms with E-state index >= 15 is 0 Å². The summed E-state index contributed by atoms with van der Waals surface area (Å²) in [5.74, 6) is 5.77. The van der Waals surface area contributed by atoms with Crippen LogP contribution in [0.1, 0.15) is 42.5 Å². The number of hydrogen-bond donors (Lipinski definition) is 1. The lowest BCUT2D eigenvalue weighted by molar-refractivity contribution is 0.186. The van der Waals surface area contributed by atoms with Gasteiger partial charge in [0.25, 0.3) is 0 Å². The normalized spacial score (nSPS) is 16.6. The second kappa shape index (κ2) is 6.94. The molecule has 0 aromatic carbocycles. The minimum Gasteiger partial charge on any atom is -0.384 e. The zero-order valence-electron chi connectivity index (χ0n) is 11.0. The van der Waals surface area contributed by atoms with E-state index in [-0.39, 0.29) is 6.61 Å². The molecule has 0 spiro atoms. The molecule has 1 aromatic rings. The van der Waals surface area contributed by atoms with E-state index in [0.29, 0.717) is 0 Å². The van der Waals surface area contributed by atoms with Crippen molar-refractivity contribution in [2.24, 2.45) is 0 Å². The van der Waals surface area contributed by atoms with Crippen LogP contribution in [0.15, 0.2) is 11.4 Å². The molecule has 1 saturated carbocycles. The second-order valence-corrected chi connectivity index (χ2v) is 5.92. The Hall–Kier alpha value is -0.820. The molecule has 1 aliphatic carbocycles. The summed E-state index contributed by atoms with van der Waals surface area (Å²) < 4.78 is 0. The molecule has 0 aliphatic heterocycles. The standard InChI is InChI=1S/C15H21NOS/c1-16(14-7-3-2-4-8-14)12-15-13(6-5-10-17)9-11-18-15/h9,11,14,17H,2-4,7-8,10,12H2,1H3. The summed E-state index contributed by atoms with van der Waals surface area (Å²) in [5, 5.41) is 10.8. The van der Waals surface area contributed by atoms with Gasteiger partial charge in [0.15, 0.2) is 0 Å². The largest absolute Gasteiger partial charge is 0.384 e. The second-order valence-electron chi connectivity index (χ2n) is 4.92. The van der Waals surface area contributed by atoms with Crippen molar-refractivity contribution in [2.75, 3.05) is 13.7 Å². The Bertz CT molecular complexity index is 423. The predicted molar refractivity (Wildman–Crippen MR) is 76.6 cm³/mol. The first-order valence-corrected chi connectivity index (χ1v) is 7.55. The van der Waals surface area contributed by atoms with Gasteiger partial charge >= 0.3 is 0 Å². The predicted octanol–water partition coefficient (Wildman–Crippen LogP) is 2.86. The van der Waals surface area contributed by atoms with Crippen LogP contribution in [-0.4, -0.2) is 29.7 Å². The third kappa shape index (κ3) is 3.58. The lowest BCUT2D eigenvalue weighted by Crippen LogP contribution is -2.32. The van der Waals surface area contributed by atoms with Crippen LogP contribution in [0.5, 0.6) is 0 Å². The zero-order chi connectivity index (χ0) is 12.8. The summed E-state index contributed by atoms with van der Waals surface area (Å²) >= 11 is 1.77. The van der Waals surface area contributed by atoms with Crippen molar-refractivity contribution >= 4 is 11.3 Å². The van der Waals surface area contributed by atoms with E-state index in [4.69, 9.17) is 5.11 Å². The fraction of sp³-hybridized carbons (Fsp3) is 0.600. The average molecular weight is 263 g/mol. The van der Waals surface area contributed by atoms with Crippen LogP contribution in [0, 0.1) is 11.8 Å². The SMILES string of the molecule is CN(Cc1sccc1C#CCO)C1CCCCC1. The van der Waals surface area contributed by atoms with E-state index in [9.17, 15) is 0 Å². The fourth-order valence-electron chi connectivity index (χ4n) is 2.59. The maximum atomic E-state index is 8.76. The topological polar surface area (TPSA) is 23.5 Å². The van der Waals surface area contributed by atoms with E-state index < -0.39 is 0 Å². The van der Waals surface area contributed by atoms with Gasteiger partial charge in [-0.3, -0.25) is 4.90 Å². The number of rotatable bonds is 3. The van der Waals surface area contributed by atoms with Crippen molar-refractivity contribution < 1.29 is 5.11 Å². The lowest BCUT2D eigenvalue weighted by Gasteiger charge is -2.30. The summed E-state index contributed by atoms with van der Waals surface area (Å²) in [6.45, 7) is 0.922. The molecule has 1 N–H and O–H groups in total. The van der Waals surface area contributed by atoms with E-state index in [1.165, 1.54) is 37.0 Å². The van der Waals surface area contributed by atoms with Crippen molar-refractivity contribution in [2.45, 2.75) is 44.7 Å². The highest BCUT2D eigenvalue weighted by atomic mass is 32.1. The first-order chi connectivity index (χ1) is 8.81. The number of aliphatic hydroxyl groups is 1.